The number of H-pyrrole nitrogens is 1. The third kappa shape index (κ3) is 2.35. The second kappa shape index (κ2) is 5.25. The standard InChI is InChI=1S/C15H18N2O.ClH/c1-9-10(2)15(18)6-14-11(3-4-13(9)14)5-12-7-16-8-17-12;/h6-8,11,18H,3-5H2,1-2H3,(H,16,17);1H. The van der Waals surface area contributed by atoms with Crippen molar-refractivity contribution in [3.63, 3.8) is 0 Å². The smallest absolute Gasteiger partial charge is 0.119 e. The van der Waals surface area contributed by atoms with Gasteiger partial charge in [0, 0.05) is 11.9 Å². The van der Waals surface area contributed by atoms with Crippen molar-refractivity contribution in [2.75, 3.05) is 0 Å². The molecule has 1 heterocycles. The predicted molar refractivity (Wildman–Crippen MR) is 78.2 cm³/mol. The van der Waals surface area contributed by atoms with Gasteiger partial charge in [0.25, 0.3) is 0 Å². The molecule has 0 aliphatic heterocycles. The molecule has 102 valence electrons. The Bertz CT molecular complexity index is 578. The number of halogens is 1. The summed E-state index contributed by atoms with van der Waals surface area (Å²) in [4.78, 5) is 7.23. The van der Waals surface area contributed by atoms with Gasteiger partial charge in [-0.1, -0.05) is 0 Å². The van der Waals surface area contributed by atoms with Crippen LogP contribution in [0, 0.1) is 13.8 Å². The molecule has 0 spiro atoms. The van der Waals surface area contributed by atoms with Crippen LogP contribution in [0.1, 0.15) is 40.3 Å². The van der Waals surface area contributed by atoms with Gasteiger partial charge in [-0.15, -0.1) is 12.4 Å². The molecule has 0 bridgehead atoms. The summed E-state index contributed by atoms with van der Waals surface area (Å²) in [5.74, 6) is 0.938. The molecule has 3 rings (SSSR count). The molecule has 4 heteroatoms. The Kier molecular flexibility index (Phi) is 3.85. The topological polar surface area (TPSA) is 48.9 Å². The average molecular weight is 279 g/mol. The summed E-state index contributed by atoms with van der Waals surface area (Å²) < 4.78 is 0. The first-order valence-corrected chi connectivity index (χ1v) is 6.46. The number of hydrogen-bond acceptors (Lipinski definition) is 2. The fourth-order valence-electron chi connectivity index (χ4n) is 3.02. The summed E-state index contributed by atoms with van der Waals surface area (Å²) >= 11 is 0. The molecule has 19 heavy (non-hydrogen) atoms. The third-order valence-electron chi connectivity index (χ3n) is 4.24. The molecule has 2 aromatic rings. The van der Waals surface area contributed by atoms with Gasteiger partial charge in [0.05, 0.1) is 6.33 Å². The summed E-state index contributed by atoms with van der Waals surface area (Å²) in [6.45, 7) is 4.11. The van der Waals surface area contributed by atoms with Gasteiger partial charge in [-0.3, -0.25) is 0 Å². The Morgan fingerprint density at radius 3 is 2.84 bits per heavy atom. The number of aromatic amines is 1. The second-order valence-corrected chi connectivity index (χ2v) is 5.23. The molecule has 1 aliphatic rings. The van der Waals surface area contributed by atoms with Crippen LogP contribution in [0.15, 0.2) is 18.6 Å². The summed E-state index contributed by atoms with van der Waals surface area (Å²) in [7, 11) is 0. The van der Waals surface area contributed by atoms with E-state index in [2.05, 4.69) is 16.9 Å². The van der Waals surface area contributed by atoms with Crippen molar-refractivity contribution in [2.24, 2.45) is 0 Å². The average Bonchev–Trinajstić information content (AvgIpc) is 2.98. The molecule has 0 fully saturated rings. The van der Waals surface area contributed by atoms with E-state index in [4.69, 9.17) is 0 Å². The number of nitrogens with one attached hydrogen (secondary N) is 1. The lowest BCUT2D eigenvalue weighted by Gasteiger charge is -2.14. The number of rotatable bonds is 2. The number of phenols is 1. The zero-order chi connectivity index (χ0) is 12.7. The number of benzene rings is 1. The van der Waals surface area contributed by atoms with Gasteiger partial charge in [0.1, 0.15) is 5.75 Å². The number of phenolic OH excluding ortho intramolecular Hbond substituents is 1. The van der Waals surface area contributed by atoms with Crippen molar-refractivity contribution in [1.82, 2.24) is 9.97 Å². The zero-order valence-electron chi connectivity index (χ0n) is 11.2. The Hall–Kier alpha value is -1.48. The first kappa shape index (κ1) is 13.9. The second-order valence-electron chi connectivity index (χ2n) is 5.23. The summed E-state index contributed by atoms with van der Waals surface area (Å²) in [5, 5.41) is 9.99. The van der Waals surface area contributed by atoms with E-state index in [1.165, 1.54) is 22.4 Å². The quantitative estimate of drug-likeness (QED) is 0.884. The van der Waals surface area contributed by atoms with Gasteiger partial charge in [-0.2, -0.15) is 0 Å². The number of fused-ring (bicyclic) bond motifs is 1. The maximum Gasteiger partial charge on any atom is 0.119 e. The fourth-order valence-corrected chi connectivity index (χ4v) is 3.02. The highest BCUT2D eigenvalue weighted by Gasteiger charge is 2.26. The van der Waals surface area contributed by atoms with Crippen LogP contribution in [0.5, 0.6) is 5.75 Å². The van der Waals surface area contributed by atoms with Gasteiger partial charge in [-0.05, 0) is 67.3 Å². The number of aromatic nitrogens is 2. The maximum atomic E-state index is 9.99. The van der Waals surface area contributed by atoms with Crippen molar-refractivity contribution >= 4 is 12.4 Å². The van der Waals surface area contributed by atoms with E-state index in [1.54, 1.807) is 6.33 Å². The molecule has 0 radical (unpaired) electrons. The van der Waals surface area contributed by atoms with E-state index in [0.717, 1.165) is 24.8 Å². The molecule has 1 unspecified atom stereocenters. The molecule has 1 aromatic carbocycles. The fraction of sp³-hybridized carbons (Fsp3) is 0.400. The number of aromatic hydroxyl groups is 1. The molecule has 2 N–H and O–H groups in total. The molecule has 1 aromatic heterocycles. The first-order valence-electron chi connectivity index (χ1n) is 6.46. The van der Waals surface area contributed by atoms with Crippen LogP contribution >= 0.6 is 12.4 Å². The van der Waals surface area contributed by atoms with Crippen molar-refractivity contribution in [3.05, 3.63) is 46.5 Å². The Morgan fingerprint density at radius 1 is 1.37 bits per heavy atom. The molecule has 0 saturated carbocycles. The van der Waals surface area contributed by atoms with Crippen LogP contribution in [0.2, 0.25) is 0 Å². The molecule has 0 amide bonds. The highest BCUT2D eigenvalue weighted by Crippen LogP contribution is 2.40. The molecule has 1 atom stereocenters. The van der Waals surface area contributed by atoms with Crippen LogP contribution < -0.4 is 0 Å². The van der Waals surface area contributed by atoms with Gasteiger partial charge >= 0.3 is 0 Å². The van der Waals surface area contributed by atoms with Crippen molar-refractivity contribution in [2.45, 2.75) is 39.0 Å². The molecule has 0 saturated heterocycles. The molecular formula is C15H19ClN2O. The Balaban J connectivity index is 0.00000133. The Labute approximate surface area is 119 Å². The first-order chi connectivity index (χ1) is 8.66. The zero-order valence-corrected chi connectivity index (χ0v) is 12.0. The van der Waals surface area contributed by atoms with Crippen LogP contribution in [0.4, 0.5) is 0 Å². The summed E-state index contributed by atoms with van der Waals surface area (Å²) in [6, 6.07) is 1.96. The van der Waals surface area contributed by atoms with Crippen LogP contribution in [-0.4, -0.2) is 15.1 Å². The lowest BCUT2D eigenvalue weighted by Crippen LogP contribution is -2.00. The monoisotopic (exact) mass is 278 g/mol. The van der Waals surface area contributed by atoms with Crippen LogP contribution in [-0.2, 0) is 12.8 Å². The minimum atomic E-state index is 0. The highest BCUT2D eigenvalue weighted by molar-refractivity contribution is 5.85. The van der Waals surface area contributed by atoms with Crippen molar-refractivity contribution in [1.29, 1.82) is 0 Å². The number of nitrogens with zero attached hydrogens (tertiary/aromatic N) is 1. The minimum Gasteiger partial charge on any atom is -0.508 e. The minimum absolute atomic E-state index is 0. The lowest BCUT2D eigenvalue weighted by molar-refractivity contribution is 0.469. The van der Waals surface area contributed by atoms with Gasteiger partial charge in [0.15, 0.2) is 0 Å². The summed E-state index contributed by atoms with van der Waals surface area (Å²) in [5.41, 5.74) is 6.22. The van der Waals surface area contributed by atoms with Crippen LogP contribution in [0.3, 0.4) is 0 Å². The summed E-state index contributed by atoms with van der Waals surface area (Å²) in [6.07, 6.45) is 6.88. The van der Waals surface area contributed by atoms with E-state index < -0.39 is 0 Å². The molecule has 3 nitrogen and oxygen atoms in total. The number of hydrogen-bond donors (Lipinski definition) is 2. The van der Waals surface area contributed by atoms with Crippen molar-refractivity contribution in [3.8, 4) is 5.75 Å². The predicted octanol–water partition coefficient (Wildman–Crippen LogP) is 3.43. The van der Waals surface area contributed by atoms with Gasteiger partial charge < -0.3 is 10.1 Å². The largest absolute Gasteiger partial charge is 0.508 e. The SMILES string of the molecule is Cc1c(O)cc2c(c1C)CCC2Cc1cnc[nH]1.Cl. The lowest BCUT2D eigenvalue weighted by atomic mass is 9.93. The van der Waals surface area contributed by atoms with Gasteiger partial charge in [0.2, 0.25) is 0 Å². The normalized spacial score (nSPS) is 17.1. The number of imidazole rings is 1. The Morgan fingerprint density at radius 2 is 2.16 bits per heavy atom. The third-order valence-corrected chi connectivity index (χ3v) is 4.24. The van der Waals surface area contributed by atoms with Crippen molar-refractivity contribution < 1.29 is 5.11 Å². The highest BCUT2D eigenvalue weighted by atomic mass is 35.5. The van der Waals surface area contributed by atoms with Gasteiger partial charge in [-0.25, -0.2) is 4.98 Å². The van der Waals surface area contributed by atoms with E-state index in [0.29, 0.717) is 11.7 Å². The van der Waals surface area contributed by atoms with Crippen LogP contribution in [0.25, 0.3) is 0 Å². The van der Waals surface area contributed by atoms with E-state index in [9.17, 15) is 5.11 Å². The molecular weight excluding hydrogens is 260 g/mol. The molecule has 1 aliphatic carbocycles. The van der Waals surface area contributed by atoms with E-state index in [1.807, 2.05) is 19.2 Å². The maximum absolute atomic E-state index is 9.99. The van der Waals surface area contributed by atoms with E-state index in [-0.39, 0.29) is 12.4 Å². The van der Waals surface area contributed by atoms with E-state index >= 15 is 0 Å².